The van der Waals surface area contributed by atoms with Gasteiger partial charge in [0.2, 0.25) is 0 Å². The number of alkyl halides is 3. The highest BCUT2D eigenvalue weighted by Gasteiger charge is 2.38. The Labute approximate surface area is 90.5 Å². The molecule has 0 bridgehead atoms. The Kier molecular flexibility index (Phi) is 3.62. The van der Waals surface area contributed by atoms with Crippen LogP contribution in [0.4, 0.5) is 13.2 Å². The minimum atomic E-state index is -4.60. The van der Waals surface area contributed by atoms with Gasteiger partial charge in [-0.3, -0.25) is 0 Å². The predicted molar refractivity (Wildman–Crippen MR) is 52.0 cm³/mol. The first-order chi connectivity index (χ1) is 6.80. The number of hydrogen-bond acceptors (Lipinski definition) is 1. The first kappa shape index (κ1) is 12.3. The summed E-state index contributed by atoms with van der Waals surface area (Å²) >= 11 is 5.71. The zero-order valence-corrected chi connectivity index (χ0v) is 8.73. The molecule has 0 fully saturated rings. The van der Waals surface area contributed by atoms with Crippen molar-refractivity contribution in [2.24, 2.45) is 0 Å². The molecule has 0 saturated heterocycles. The molecule has 0 spiro atoms. The third kappa shape index (κ3) is 3.39. The van der Waals surface area contributed by atoms with Crippen LogP contribution >= 0.6 is 11.6 Å². The molecule has 0 saturated carbocycles. The van der Waals surface area contributed by atoms with Gasteiger partial charge in [-0.25, -0.2) is 0 Å². The van der Waals surface area contributed by atoms with E-state index < -0.39 is 18.7 Å². The molecule has 0 amide bonds. The second kappa shape index (κ2) is 4.41. The molecule has 15 heavy (non-hydrogen) atoms. The molecule has 1 aromatic rings. The topological polar surface area (TPSA) is 20.2 Å². The highest BCUT2D eigenvalue weighted by atomic mass is 35.5. The van der Waals surface area contributed by atoms with Gasteiger partial charge in [-0.15, -0.1) is 0 Å². The van der Waals surface area contributed by atoms with E-state index in [1.54, 1.807) is 13.0 Å². The van der Waals surface area contributed by atoms with Crippen molar-refractivity contribution in [3.8, 4) is 0 Å². The van der Waals surface area contributed by atoms with Crippen LogP contribution in [0.15, 0.2) is 18.2 Å². The Morgan fingerprint density at radius 1 is 1.40 bits per heavy atom. The molecule has 1 N–H and O–H groups in total. The van der Waals surface area contributed by atoms with Gasteiger partial charge < -0.3 is 5.11 Å². The minimum absolute atomic E-state index is 0.240. The average Bonchev–Trinajstić information content (AvgIpc) is 2.09. The van der Waals surface area contributed by atoms with E-state index in [0.29, 0.717) is 5.56 Å². The van der Waals surface area contributed by atoms with Crippen LogP contribution in [-0.2, 0) is 6.42 Å². The van der Waals surface area contributed by atoms with Crippen LogP contribution in [0.2, 0.25) is 5.02 Å². The largest absolute Gasteiger partial charge is 0.414 e. The van der Waals surface area contributed by atoms with Crippen molar-refractivity contribution in [2.45, 2.75) is 25.6 Å². The zero-order valence-electron chi connectivity index (χ0n) is 7.98. The monoisotopic (exact) mass is 238 g/mol. The van der Waals surface area contributed by atoms with Crippen molar-refractivity contribution >= 4 is 11.6 Å². The van der Waals surface area contributed by atoms with Crippen molar-refractivity contribution in [1.29, 1.82) is 0 Å². The van der Waals surface area contributed by atoms with E-state index >= 15 is 0 Å². The first-order valence-electron chi connectivity index (χ1n) is 4.30. The van der Waals surface area contributed by atoms with Crippen molar-refractivity contribution in [3.63, 3.8) is 0 Å². The fourth-order valence-corrected chi connectivity index (χ4v) is 1.38. The van der Waals surface area contributed by atoms with Crippen LogP contribution in [0.1, 0.15) is 11.1 Å². The summed E-state index contributed by atoms with van der Waals surface area (Å²) in [6.07, 6.45) is -7.48. The summed E-state index contributed by atoms with van der Waals surface area (Å²) in [4.78, 5) is 0. The first-order valence-corrected chi connectivity index (χ1v) is 4.68. The summed E-state index contributed by atoms with van der Waals surface area (Å²) in [5.74, 6) is 0. The number of rotatable bonds is 2. The van der Waals surface area contributed by atoms with E-state index in [1.165, 1.54) is 12.1 Å². The number of aliphatic hydroxyl groups excluding tert-OH is 1. The maximum Gasteiger partial charge on any atom is 0.414 e. The van der Waals surface area contributed by atoms with Crippen LogP contribution in [0, 0.1) is 6.92 Å². The third-order valence-corrected chi connectivity index (χ3v) is 2.36. The van der Waals surface area contributed by atoms with Crippen LogP contribution < -0.4 is 0 Å². The molecule has 1 nitrogen and oxygen atoms in total. The van der Waals surface area contributed by atoms with Gasteiger partial charge >= 0.3 is 6.18 Å². The molecule has 0 heterocycles. The lowest BCUT2D eigenvalue weighted by atomic mass is 10.1. The van der Waals surface area contributed by atoms with Crippen LogP contribution in [0.5, 0.6) is 0 Å². The minimum Gasteiger partial charge on any atom is -0.383 e. The van der Waals surface area contributed by atoms with E-state index in [9.17, 15) is 13.2 Å². The molecule has 0 aliphatic carbocycles. The molecular formula is C10H10ClF3O. The predicted octanol–water partition coefficient (Wildman–Crippen LogP) is 3.11. The summed E-state index contributed by atoms with van der Waals surface area (Å²) in [6.45, 7) is 1.75. The van der Waals surface area contributed by atoms with E-state index in [4.69, 9.17) is 16.7 Å². The Hall–Kier alpha value is -0.740. The molecule has 1 atom stereocenters. The van der Waals surface area contributed by atoms with Gasteiger partial charge in [0.05, 0.1) is 0 Å². The van der Waals surface area contributed by atoms with Gasteiger partial charge in [0, 0.05) is 11.4 Å². The van der Waals surface area contributed by atoms with Crippen molar-refractivity contribution in [1.82, 2.24) is 0 Å². The Morgan fingerprint density at radius 2 is 2.00 bits per heavy atom. The average molecular weight is 239 g/mol. The fraction of sp³-hybridized carbons (Fsp3) is 0.400. The molecule has 1 rings (SSSR count). The summed E-state index contributed by atoms with van der Waals surface area (Å²) < 4.78 is 36.2. The number of halogens is 4. The maximum atomic E-state index is 12.1. The second-order valence-corrected chi connectivity index (χ2v) is 3.76. The number of aliphatic hydroxyl groups is 1. The quantitative estimate of drug-likeness (QED) is 0.839. The lowest BCUT2D eigenvalue weighted by Gasteiger charge is -2.15. The highest BCUT2D eigenvalue weighted by Crippen LogP contribution is 2.26. The molecule has 5 heteroatoms. The summed E-state index contributed by atoms with van der Waals surface area (Å²) in [6, 6.07) is 4.76. The maximum absolute atomic E-state index is 12.1. The molecule has 0 aromatic heterocycles. The van der Waals surface area contributed by atoms with Gasteiger partial charge in [0.1, 0.15) is 0 Å². The van der Waals surface area contributed by atoms with Crippen molar-refractivity contribution in [2.75, 3.05) is 0 Å². The SMILES string of the molecule is Cc1ccc(Cl)c(CC(O)C(F)(F)F)c1. The van der Waals surface area contributed by atoms with E-state index in [-0.39, 0.29) is 5.02 Å². The van der Waals surface area contributed by atoms with Crippen LogP contribution in [0.3, 0.4) is 0 Å². The Morgan fingerprint density at radius 3 is 2.53 bits per heavy atom. The van der Waals surface area contributed by atoms with Crippen LogP contribution in [0.25, 0.3) is 0 Å². The Balaban J connectivity index is 2.85. The van der Waals surface area contributed by atoms with E-state index in [2.05, 4.69) is 0 Å². The van der Waals surface area contributed by atoms with Crippen LogP contribution in [-0.4, -0.2) is 17.4 Å². The van der Waals surface area contributed by atoms with Crippen molar-refractivity contribution < 1.29 is 18.3 Å². The lowest BCUT2D eigenvalue weighted by Crippen LogP contribution is -2.30. The van der Waals surface area contributed by atoms with E-state index in [0.717, 1.165) is 5.56 Å². The Bertz CT molecular complexity index is 349. The summed E-state index contributed by atoms with van der Waals surface area (Å²) in [5, 5.41) is 9.11. The van der Waals surface area contributed by atoms with Gasteiger partial charge in [-0.05, 0) is 18.6 Å². The highest BCUT2D eigenvalue weighted by molar-refractivity contribution is 6.31. The molecule has 84 valence electrons. The lowest BCUT2D eigenvalue weighted by molar-refractivity contribution is -0.203. The molecule has 0 radical (unpaired) electrons. The second-order valence-electron chi connectivity index (χ2n) is 3.36. The molecule has 0 aliphatic rings. The van der Waals surface area contributed by atoms with Gasteiger partial charge in [0.25, 0.3) is 0 Å². The van der Waals surface area contributed by atoms with Crippen molar-refractivity contribution in [3.05, 3.63) is 34.3 Å². The third-order valence-electron chi connectivity index (χ3n) is 1.99. The van der Waals surface area contributed by atoms with E-state index in [1.807, 2.05) is 0 Å². The normalized spacial score (nSPS) is 14.0. The van der Waals surface area contributed by atoms with Gasteiger partial charge in [-0.2, -0.15) is 13.2 Å². The standard InChI is InChI=1S/C10H10ClF3O/c1-6-2-3-8(11)7(4-6)5-9(15)10(12,13)14/h2-4,9,15H,5H2,1H3. The summed E-state index contributed by atoms with van der Waals surface area (Å²) in [5.41, 5.74) is 1.12. The molecule has 1 unspecified atom stereocenters. The smallest absolute Gasteiger partial charge is 0.383 e. The fourth-order valence-electron chi connectivity index (χ4n) is 1.18. The van der Waals surface area contributed by atoms with Gasteiger partial charge in [0.15, 0.2) is 6.10 Å². The van der Waals surface area contributed by atoms with Gasteiger partial charge in [-0.1, -0.05) is 29.3 Å². The molecule has 0 aliphatic heterocycles. The number of hydrogen-bond donors (Lipinski definition) is 1. The number of benzene rings is 1. The number of aryl methyl sites for hydroxylation is 1. The summed E-state index contributed by atoms with van der Waals surface area (Å²) in [7, 11) is 0. The zero-order chi connectivity index (χ0) is 11.6. The molecular weight excluding hydrogens is 229 g/mol. The molecule has 1 aromatic carbocycles.